The summed E-state index contributed by atoms with van der Waals surface area (Å²) in [5.41, 5.74) is 0. The predicted molar refractivity (Wildman–Crippen MR) is 56.7 cm³/mol. The molecule has 0 rings (SSSR count). The molecule has 0 aromatic heterocycles. The fraction of sp³-hybridized carbons (Fsp3) is 0.818. The van der Waals surface area contributed by atoms with Crippen LogP contribution in [0.5, 0.6) is 0 Å². The van der Waals surface area contributed by atoms with Gasteiger partial charge in [-0.15, -0.1) is 0 Å². The maximum absolute atomic E-state index is 5.43. The molecule has 0 unspecified atom stereocenters. The minimum absolute atomic E-state index is 0.0933. The molecule has 0 aliphatic heterocycles. The van der Waals surface area contributed by atoms with Crippen LogP contribution in [0.4, 0.5) is 0 Å². The lowest BCUT2D eigenvalue weighted by Gasteiger charge is -2.17. The van der Waals surface area contributed by atoms with Crippen molar-refractivity contribution in [3.63, 3.8) is 0 Å². The minimum atomic E-state index is 0.0933. The van der Waals surface area contributed by atoms with Gasteiger partial charge in [0.05, 0.1) is 18.3 Å². The summed E-state index contributed by atoms with van der Waals surface area (Å²) in [5, 5.41) is 0. The van der Waals surface area contributed by atoms with E-state index in [4.69, 9.17) is 14.2 Å². The van der Waals surface area contributed by atoms with Crippen LogP contribution >= 0.6 is 0 Å². The van der Waals surface area contributed by atoms with Crippen LogP contribution in [0.2, 0.25) is 0 Å². The summed E-state index contributed by atoms with van der Waals surface area (Å²) in [7, 11) is 0. The van der Waals surface area contributed by atoms with Gasteiger partial charge in [-0.2, -0.15) is 0 Å². The van der Waals surface area contributed by atoms with Crippen molar-refractivity contribution in [2.45, 2.75) is 59.9 Å². The second-order valence-corrected chi connectivity index (χ2v) is 3.95. The molecule has 3 nitrogen and oxygen atoms in total. The van der Waals surface area contributed by atoms with Gasteiger partial charge in [-0.05, 0) is 41.5 Å². The van der Waals surface area contributed by atoms with Gasteiger partial charge in [0.25, 0.3) is 0 Å². The largest absolute Gasteiger partial charge is 0.491 e. The third kappa shape index (κ3) is 7.77. The molecule has 0 heterocycles. The fourth-order valence-corrected chi connectivity index (χ4v) is 0.740. The summed E-state index contributed by atoms with van der Waals surface area (Å²) in [5.74, 6) is 0.448. The zero-order valence-corrected chi connectivity index (χ0v) is 10.0. The smallest absolute Gasteiger partial charge is 0.316 e. The quantitative estimate of drug-likeness (QED) is 0.619. The Hall–Kier alpha value is -0.860. The fourth-order valence-electron chi connectivity index (χ4n) is 0.740. The highest BCUT2D eigenvalue weighted by molar-refractivity contribution is 4.78. The lowest BCUT2D eigenvalue weighted by atomic mass is 10.5. The Morgan fingerprint density at radius 2 is 1.21 bits per heavy atom. The maximum atomic E-state index is 5.43. The minimum Gasteiger partial charge on any atom is -0.491 e. The van der Waals surface area contributed by atoms with Gasteiger partial charge in [-0.3, -0.25) is 0 Å². The summed E-state index contributed by atoms with van der Waals surface area (Å²) in [6.45, 7) is 11.7. The van der Waals surface area contributed by atoms with Crippen molar-refractivity contribution in [3.05, 3.63) is 12.2 Å². The molecule has 0 aromatic rings. The van der Waals surface area contributed by atoms with Crippen molar-refractivity contribution >= 4 is 0 Å². The van der Waals surface area contributed by atoms with Crippen molar-refractivity contribution in [3.8, 4) is 0 Å². The molecule has 0 spiro atoms. The van der Waals surface area contributed by atoms with Crippen LogP contribution in [-0.2, 0) is 14.2 Å². The monoisotopic (exact) mass is 202 g/mol. The van der Waals surface area contributed by atoms with Crippen LogP contribution in [-0.4, -0.2) is 18.3 Å². The van der Waals surface area contributed by atoms with E-state index >= 15 is 0 Å². The molecule has 0 fully saturated rings. The van der Waals surface area contributed by atoms with Gasteiger partial charge in [0, 0.05) is 0 Å². The van der Waals surface area contributed by atoms with Crippen molar-refractivity contribution < 1.29 is 14.2 Å². The molecule has 0 saturated carbocycles. The summed E-state index contributed by atoms with van der Waals surface area (Å²) in [6.07, 6.45) is 1.85. The standard InChI is InChI=1S/C11H22O3/c1-8(2)12-7-11(13-9(3)4)14-10(5)6/h7-10H,1-6H3. The van der Waals surface area contributed by atoms with E-state index in [2.05, 4.69) is 0 Å². The van der Waals surface area contributed by atoms with Crippen LogP contribution in [0.15, 0.2) is 12.2 Å². The Bertz CT molecular complexity index is 159. The molecule has 14 heavy (non-hydrogen) atoms. The van der Waals surface area contributed by atoms with Crippen LogP contribution in [0.3, 0.4) is 0 Å². The first-order chi connectivity index (χ1) is 6.41. The summed E-state index contributed by atoms with van der Waals surface area (Å²) >= 11 is 0. The molecule has 84 valence electrons. The molecule has 0 N–H and O–H groups in total. The highest BCUT2D eigenvalue weighted by atomic mass is 16.7. The Balaban J connectivity index is 4.15. The van der Waals surface area contributed by atoms with E-state index in [0.717, 1.165) is 0 Å². The lowest BCUT2D eigenvalue weighted by Crippen LogP contribution is -2.11. The number of hydrogen-bond donors (Lipinski definition) is 0. The highest BCUT2D eigenvalue weighted by Gasteiger charge is 2.06. The molecule has 0 bridgehead atoms. The molecule has 3 heteroatoms. The number of ether oxygens (including phenoxy) is 3. The average Bonchev–Trinajstić information content (AvgIpc) is 1.97. The maximum Gasteiger partial charge on any atom is 0.316 e. The normalized spacial score (nSPS) is 10.6. The van der Waals surface area contributed by atoms with Crippen molar-refractivity contribution in [1.29, 1.82) is 0 Å². The molecule has 0 aliphatic rings. The second kappa shape index (κ2) is 6.57. The zero-order valence-electron chi connectivity index (χ0n) is 10.0. The van der Waals surface area contributed by atoms with Crippen LogP contribution in [0.1, 0.15) is 41.5 Å². The SMILES string of the molecule is CC(C)OC=C(OC(C)C)OC(C)C. The summed E-state index contributed by atoms with van der Waals surface area (Å²) in [4.78, 5) is 0. The van der Waals surface area contributed by atoms with Crippen LogP contribution < -0.4 is 0 Å². The van der Waals surface area contributed by atoms with E-state index in [0.29, 0.717) is 5.95 Å². The summed E-state index contributed by atoms with van der Waals surface area (Å²) in [6, 6.07) is 0. The lowest BCUT2D eigenvalue weighted by molar-refractivity contribution is -0.0301. The van der Waals surface area contributed by atoms with E-state index in [9.17, 15) is 0 Å². The number of rotatable bonds is 6. The molecule has 0 aromatic carbocycles. The van der Waals surface area contributed by atoms with Crippen molar-refractivity contribution in [2.24, 2.45) is 0 Å². The molecule has 0 aliphatic carbocycles. The molecule has 0 radical (unpaired) electrons. The van der Waals surface area contributed by atoms with Gasteiger partial charge in [0.2, 0.25) is 0 Å². The van der Waals surface area contributed by atoms with Crippen molar-refractivity contribution in [1.82, 2.24) is 0 Å². The van der Waals surface area contributed by atoms with Gasteiger partial charge in [-0.25, -0.2) is 0 Å². The van der Waals surface area contributed by atoms with E-state index < -0.39 is 0 Å². The van der Waals surface area contributed by atoms with Gasteiger partial charge < -0.3 is 14.2 Å². The molecular weight excluding hydrogens is 180 g/mol. The third-order valence-corrected chi connectivity index (χ3v) is 1.14. The van der Waals surface area contributed by atoms with Gasteiger partial charge >= 0.3 is 5.95 Å². The van der Waals surface area contributed by atoms with Gasteiger partial charge in [0.15, 0.2) is 6.26 Å². The van der Waals surface area contributed by atoms with E-state index in [1.54, 1.807) is 0 Å². The molecular formula is C11H22O3. The Morgan fingerprint density at radius 1 is 0.786 bits per heavy atom. The molecule has 0 atom stereocenters. The third-order valence-electron chi connectivity index (χ3n) is 1.14. The zero-order chi connectivity index (χ0) is 11.1. The van der Waals surface area contributed by atoms with Gasteiger partial charge in [-0.1, -0.05) is 0 Å². The first-order valence-corrected chi connectivity index (χ1v) is 5.10. The molecule has 0 saturated heterocycles. The summed E-state index contributed by atoms with van der Waals surface area (Å²) < 4.78 is 16.1. The van der Waals surface area contributed by atoms with Gasteiger partial charge in [0.1, 0.15) is 0 Å². The first-order valence-electron chi connectivity index (χ1n) is 5.10. The molecule has 0 amide bonds. The first kappa shape index (κ1) is 13.1. The van der Waals surface area contributed by atoms with E-state index in [-0.39, 0.29) is 18.3 Å². The van der Waals surface area contributed by atoms with Crippen molar-refractivity contribution in [2.75, 3.05) is 0 Å². The second-order valence-electron chi connectivity index (χ2n) is 3.95. The predicted octanol–water partition coefficient (Wildman–Crippen LogP) is 3.06. The Morgan fingerprint density at radius 3 is 1.50 bits per heavy atom. The van der Waals surface area contributed by atoms with E-state index in [1.165, 1.54) is 6.26 Å². The average molecular weight is 202 g/mol. The highest BCUT2D eigenvalue weighted by Crippen LogP contribution is 2.08. The van der Waals surface area contributed by atoms with E-state index in [1.807, 2.05) is 41.5 Å². The number of hydrogen-bond acceptors (Lipinski definition) is 3. The Kier molecular flexibility index (Phi) is 6.17. The topological polar surface area (TPSA) is 27.7 Å². The Labute approximate surface area is 87.0 Å². The van der Waals surface area contributed by atoms with Crippen LogP contribution in [0.25, 0.3) is 0 Å². The van der Waals surface area contributed by atoms with Crippen LogP contribution in [0, 0.1) is 0 Å².